The third-order valence-electron chi connectivity index (χ3n) is 8.07. The van der Waals surface area contributed by atoms with E-state index in [2.05, 4.69) is 17.3 Å². The number of hydrogen-bond acceptors (Lipinski definition) is 4. The highest BCUT2D eigenvalue weighted by Crippen LogP contribution is 2.47. The zero-order valence-electron chi connectivity index (χ0n) is 20.9. The van der Waals surface area contributed by atoms with Crippen molar-refractivity contribution in [2.24, 2.45) is 11.8 Å². The number of hydrogen-bond donors (Lipinski definition) is 2. The van der Waals surface area contributed by atoms with Crippen LogP contribution in [0.3, 0.4) is 0 Å². The molecule has 3 aromatic carbocycles. The van der Waals surface area contributed by atoms with Gasteiger partial charge >= 0.3 is 0 Å². The van der Waals surface area contributed by atoms with E-state index in [0.29, 0.717) is 35.6 Å². The van der Waals surface area contributed by atoms with E-state index in [0.717, 1.165) is 31.6 Å². The molecule has 5 heteroatoms. The van der Waals surface area contributed by atoms with Crippen LogP contribution in [0.2, 0.25) is 0 Å². The van der Waals surface area contributed by atoms with E-state index in [1.807, 2.05) is 91.0 Å². The van der Waals surface area contributed by atoms with Gasteiger partial charge in [-0.2, -0.15) is 0 Å². The van der Waals surface area contributed by atoms with E-state index in [9.17, 15) is 9.90 Å². The van der Waals surface area contributed by atoms with Crippen molar-refractivity contribution in [2.75, 3.05) is 20.2 Å². The average Bonchev–Trinajstić information content (AvgIpc) is 3.50. The van der Waals surface area contributed by atoms with Crippen LogP contribution in [-0.2, 0) is 10.4 Å². The normalized spacial score (nSPS) is 23.1. The number of carbonyl (C=O) groups is 1. The van der Waals surface area contributed by atoms with Gasteiger partial charge in [0.1, 0.15) is 5.75 Å². The average molecular weight is 485 g/mol. The minimum atomic E-state index is -1.72. The summed E-state index contributed by atoms with van der Waals surface area (Å²) in [6.07, 6.45) is 4.24. The van der Waals surface area contributed by atoms with Crippen molar-refractivity contribution in [2.45, 2.75) is 43.4 Å². The molecule has 2 N–H and O–H groups in total. The first-order chi connectivity index (χ1) is 17.6. The molecule has 4 unspecified atom stereocenters. The molecule has 2 saturated carbocycles. The Hall–Kier alpha value is -3.15. The predicted molar refractivity (Wildman–Crippen MR) is 142 cm³/mol. The summed E-state index contributed by atoms with van der Waals surface area (Å²) in [5, 5.41) is 15.1. The number of aliphatic hydroxyl groups is 1. The maximum atomic E-state index is 13.7. The molecule has 3 aromatic rings. The van der Waals surface area contributed by atoms with Crippen molar-refractivity contribution in [3.8, 4) is 5.75 Å². The molecule has 1 amide bonds. The Labute approximate surface area is 214 Å². The van der Waals surface area contributed by atoms with Crippen LogP contribution in [0.5, 0.6) is 5.75 Å². The number of benzene rings is 3. The van der Waals surface area contributed by atoms with Gasteiger partial charge in [0.2, 0.25) is 0 Å². The van der Waals surface area contributed by atoms with Gasteiger partial charge in [-0.3, -0.25) is 4.79 Å². The lowest BCUT2D eigenvalue weighted by Gasteiger charge is -2.33. The standard InChI is InChI=1S/C31H36N2O3/c1-33(20-11-21-36-26-16-9-4-10-17-26)29-23-18-19-27(29)28(22-23)32-30(34)31(35,24-12-5-2-6-13-24)25-14-7-3-8-15-25/h2-10,12-17,23,27-29,35H,11,18-22H2,1H3,(H,32,34). The van der Waals surface area contributed by atoms with E-state index in [-0.39, 0.29) is 11.9 Å². The molecule has 5 nitrogen and oxygen atoms in total. The molecule has 2 bridgehead atoms. The maximum Gasteiger partial charge on any atom is 0.261 e. The van der Waals surface area contributed by atoms with Crippen molar-refractivity contribution >= 4 is 5.91 Å². The first kappa shape index (κ1) is 24.5. The van der Waals surface area contributed by atoms with Gasteiger partial charge in [-0.15, -0.1) is 0 Å². The molecule has 0 radical (unpaired) electrons. The zero-order chi connectivity index (χ0) is 25.0. The minimum Gasteiger partial charge on any atom is -0.494 e. The maximum absolute atomic E-state index is 13.7. The Balaban J connectivity index is 1.23. The molecule has 0 aromatic heterocycles. The third kappa shape index (κ3) is 4.91. The zero-order valence-corrected chi connectivity index (χ0v) is 20.9. The Bertz CT molecular complexity index is 1080. The second kappa shape index (κ2) is 10.9. The summed E-state index contributed by atoms with van der Waals surface area (Å²) in [5.74, 6) is 1.54. The topological polar surface area (TPSA) is 61.8 Å². The SMILES string of the molecule is CN(CCCOc1ccccc1)C1C2CCC1C(NC(=O)C(O)(c1ccccc1)c1ccccc1)C2. The Morgan fingerprint density at radius 3 is 2.14 bits per heavy atom. The van der Waals surface area contributed by atoms with E-state index < -0.39 is 5.60 Å². The summed E-state index contributed by atoms with van der Waals surface area (Å²) >= 11 is 0. The lowest BCUT2D eigenvalue weighted by atomic mass is 9.84. The molecule has 0 saturated heterocycles. The highest BCUT2D eigenvalue weighted by Gasteiger charge is 2.51. The highest BCUT2D eigenvalue weighted by molar-refractivity contribution is 5.90. The van der Waals surface area contributed by atoms with Gasteiger partial charge in [-0.05, 0) is 67.8 Å². The number of nitrogens with one attached hydrogen (secondary N) is 1. The van der Waals surface area contributed by atoms with Crippen LogP contribution in [0.1, 0.15) is 36.8 Å². The molecule has 2 fully saturated rings. The monoisotopic (exact) mass is 484 g/mol. The summed E-state index contributed by atoms with van der Waals surface area (Å²) in [6.45, 7) is 1.65. The Morgan fingerprint density at radius 1 is 0.944 bits per heavy atom. The summed E-state index contributed by atoms with van der Waals surface area (Å²) in [4.78, 5) is 16.2. The first-order valence-electron chi connectivity index (χ1n) is 13.1. The van der Waals surface area contributed by atoms with Crippen LogP contribution in [0.15, 0.2) is 91.0 Å². The van der Waals surface area contributed by atoms with Gasteiger partial charge in [0, 0.05) is 18.6 Å². The number of rotatable bonds is 10. The summed E-state index contributed by atoms with van der Waals surface area (Å²) < 4.78 is 5.87. The van der Waals surface area contributed by atoms with Gasteiger partial charge in [0.05, 0.1) is 6.61 Å². The Morgan fingerprint density at radius 2 is 1.53 bits per heavy atom. The van der Waals surface area contributed by atoms with Crippen LogP contribution >= 0.6 is 0 Å². The van der Waals surface area contributed by atoms with Crippen molar-refractivity contribution in [1.29, 1.82) is 0 Å². The van der Waals surface area contributed by atoms with Crippen LogP contribution < -0.4 is 10.1 Å². The van der Waals surface area contributed by atoms with E-state index in [1.54, 1.807) is 0 Å². The second-order valence-corrected chi connectivity index (χ2v) is 10.2. The number of nitrogens with zero attached hydrogens (tertiary/aromatic N) is 1. The number of ether oxygens (including phenoxy) is 1. The van der Waals surface area contributed by atoms with Crippen LogP contribution in [0.4, 0.5) is 0 Å². The smallest absolute Gasteiger partial charge is 0.261 e. The van der Waals surface area contributed by atoms with Gasteiger partial charge in [-0.1, -0.05) is 78.9 Å². The fraction of sp³-hybridized carbons (Fsp3) is 0.387. The van der Waals surface area contributed by atoms with Crippen LogP contribution in [0.25, 0.3) is 0 Å². The number of amides is 1. The first-order valence-corrected chi connectivity index (χ1v) is 13.1. The van der Waals surface area contributed by atoms with Gasteiger partial charge in [-0.25, -0.2) is 0 Å². The highest BCUT2D eigenvalue weighted by atomic mass is 16.5. The molecule has 4 atom stereocenters. The predicted octanol–water partition coefficient (Wildman–Crippen LogP) is 4.61. The minimum absolute atomic E-state index is 0.0724. The molecule has 188 valence electrons. The molecule has 0 aliphatic heterocycles. The molecular weight excluding hydrogens is 448 g/mol. The fourth-order valence-corrected chi connectivity index (χ4v) is 6.38. The van der Waals surface area contributed by atoms with Crippen molar-refractivity contribution < 1.29 is 14.6 Å². The van der Waals surface area contributed by atoms with Crippen LogP contribution in [0, 0.1) is 11.8 Å². The van der Waals surface area contributed by atoms with Crippen molar-refractivity contribution in [3.63, 3.8) is 0 Å². The van der Waals surface area contributed by atoms with Gasteiger partial charge in [0.15, 0.2) is 5.60 Å². The van der Waals surface area contributed by atoms with Crippen LogP contribution in [-0.4, -0.2) is 48.2 Å². The summed E-state index contributed by atoms with van der Waals surface area (Å²) in [5.41, 5.74) is -0.548. The van der Waals surface area contributed by atoms with E-state index in [4.69, 9.17) is 4.74 Å². The quantitative estimate of drug-likeness (QED) is 0.413. The fourth-order valence-electron chi connectivity index (χ4n) is 6.38. The van der Waals surface area contributed by atoms with E-state index in [1.165, 1.54) is 6.42 Å². The number of carbonyl (C=O) groups excluding carboxylic acids is 1. The number of fused-ring (bicyclic) bond motifs is 2. The molecule has 0 heterocycles. The third-order valence-corrected chi connectivity index (χ3v) is 8.07. The van der Waals surface area contributed by atoms with E-state index >= 15 is 0 Å². The van der Waals surface area contributed by atoms with Gasteiger partial charge in [0.25, 0.3) is 5.91 Å². The molecule has 2 aliphatic carbocycles. The van der Waals surface area contributed by atoms with Gasteiger partial charge < -0.3 is 20.1 Å². The molecule has 0 spiro atoms. The lowest BCUT2D eigenvalue weighted by Crippen LogP contribution is -2.51. The summed E-state index contributed by atoms with van der Waals surface area (Å²) in [7, 11) is 2.20. The number of para-hydroxylation sites is 1. The molecule has 36 heavy (non-hydrogen) atoms. The van der Waals surface area contributed by atoms with Crippen molar-refractivity contribution in [3.05, 3.63) is 102 Å². The summed E-state index contributed by atoms with van der Waals surface area (Å²) in [6, 6.07) is 29.0. The molecular formula is C31H36N2O3. The molecule has 2 aliphatic rings. The second-order valence-electron chi connectivity index (χ2n) is 10.2. The lowest BCUT2D eigenvalue weighted by molar-refractivity contribution is -0.137. The Kier molecular flexibility index (Phi) is 7.40. The van der Waals surface area contributed by atoms with Crippen molar-refractivity contribution in [1.82, 2.24) is 10.2 Å². The largest absolute Gasteiger partial charge is 0.494 e. The molecule has 5 rings (SSSR count).